The van der Waals surface area contributed by atoms with Gasteiger partial charge in [-0.1, -0.05) is 5.16 Å². The van der Waals surface area contributed by atoms with Crippen molar-refractivity contribution in [2.75, 3.05) is 5.32 Å². The molecule has 21 heavy (non-hydrogen) atoms. The van der Waals surface area contributed by atoms with Crippen molar-refractivity contribution in [1.29, 1.82) is 0 Å². The largest absolute Gasteiger partial charge is 0.471 e. The van der Waals surface area contributed by atoms with Gasteiger partial charge in [0.1, 0.15) is 0 Å². The number of halogens is 3. The van der Waals surface area contributed by atoms with Gasteiger partial charge in [-0.05, 0) is 18.6 Å². The molecule has 0 fully saturated rings. The van der Waals surface area contributed by atoms with Crippen LogP contribution in [-0.2, 0) is 17.4 Å². The lowest BCUT2D eigenvalue weighted by Gasteiger charge is -2.03. The first-order valence-corrected chi connectivity index (χ1v) is 6.05. The van der Waals surface area contributed by atoms with Crippen LogP contribution >= 0.6 is 0 Å². The summed E-state index contributed by atoms with van der Waals surface area (Å²) in [5.41, 5.74) is 0.557. The molecule has 0 saturated heterocycles. The molecule has 0 aromatic carbocycles. The van der Waals surface area contributed by atoms with E-state index < -0.39 is 12.1 Å². The van der Waals surface area contributed by atoms with Crippen LogP contribution in [0, 0.1) is 0 Å². The molecule has 0 radical (unpaired) electrons. The zero-order valence-corrected chi connectivity index (χ0v) is 10.7. The Balaban J connectivity index is 1.77. The number of hydrogen-bond acceptors (Lipinski definition) is 5. The highest BCUT2D eigenvalue weighted by Gasteiger charge is 2.38. The minimum absolute atomic E-state index is 0.0727. The fraction of sp³-hybridized carbons (Fsp3) is 0.333. The number of aryl methyl sites for hydroxylation is 1. The van der Waals surface area contributed by atoms with E-state index in [1.165, 1.54) is 6.20 Å². The summed E-state index contributed by atoms with van der Waals surface area (Å²) >= 11 is 0. The highest BCUT2D eigenvalue weighted by Crippen LogP contribution is 2.27. The molecule has 2 aromatic heterocycles. The van der Waals surface area contributed by atoms with Gasteiger partial charge in [-0.15, -0.1) is 0 Å². The fourth-order valence-corrected chi connectivity index (χ4v) is 1.54. The SMILES string of the molecule is O=C(CCCc1noc(C(F)(F)F)n1)Nc1cccnc1. The van der Waals surface area contributed by atoms with E-state index in [1.807, 2.05) is 0 Å². The molecule has 0 aliphatic carbocycles. The van der Waals surface area contributed by atoms with Crippen molar-refractivity contribution in [2.24, 2.45) is 0 Å². The average molecular weight is 300 g/mol. The van der Waals surface area contributed by atoms with Gasteiger partial charge in [0.05, 0.1) is 11.9 Å². The molecule has 0 aliphatic rings. The molecule has 0 bridgehead atoms. The van der Waals surface area contributed by atoms with Crippen LogP contribution < -0.4 is 5.32 Å². The number of rotatable bonds is 5. The maximum Gasteiger partial charge on any atom is 0.471 e. The number of pyridine rings is 1. The standard InChI is InChI=1S/C12H11F3N4O2/c13-12(14,15)11-18-9(19-21-11)4-1-5-10(20)17-8-3-2-6-16-7-8/h2-3,6-7H,1,4-5H2,(H,17,20). The summed E-state index contributed by atoms with van der Waals surface area (Å²) in [5.74, 6) is -1.71. The van der Waals surface area contributed by atoms with Crippen LogP contribution in [0.1, 0.15) is 24.6 Å². The Labute approximate surface area is 117 Å². The van der Waals surface area contributed by atoms with Gasteiger partial charge in [-0.25, -0.2) is 0 Å². The Morgan fingerprint density at radius 1 is 1.38 bits per heavy atom. The molecule has 9 heteroatoms. The smallest absolute Gasteiger partial charge is 0.329 e. The normalized spacial score (nSPS) is 11.4. The Bertz CT molecular complexity index is 598. The summed E-state index contributed by atoms with van der Waals surface area (Å²) in [6.45, 7) is 0. The van der Waals surface area contributed by atoms with Crippen LogP contribution in [0.15, 0.2) is 29.0 Å². The molecule has 0 saturated carbocycles. The summed E-state index contributed by atoms with van der Waals surface area (Å²) in [6.07, 6.45) is -1.02. The molecule has 0 spiro atoms. The summed E-state index contributed by atoms with van der Waals surface area (Å²) < 4.78 is 40.8. The molecule has 0 atom stereocenters. The van der Waals surface area contributed by atoms with E-state index in [0.29, 0.717) is 12.1 Å². The van der Waals surface area contributed by atoms with Crippen molar-refractivity contribution in [3.63, 3.8) is 0 Å². The van der Waals surface area contributed by atoms with Gasteiger partial charge in [0.15, 0.2) is 5.82 Å². The van der Waals surface area contributed by atoms with Crippen LogP contribution in [0.3, 0.4) is 0 Å². The summed E-state index contributed by atoms with van der Waals surface area (Å²) in [5, 5.41) is 5.83. The number of carbonyl (C=O) groups excluding carboxylic acids is 1. The number of hydrogen-bond donors (Lipinski definition) is 1. The quantitative estimate of drug-likeness (QED) is 0.917. The molecular formula is C12H11F3N4O2. The number of carbonyl (C=O) groups is 1. The van der Waals surface area contributed by atoms with Gasteiger partial charge in [-0.3, -0.25) is 9.78 Å². The number of nitrogens with one attached hydrogen (secondary N) is 1. The van der Waals surface area contributed by atoms with E-state index in [1.54, 1.807) is 18.3 Å². The number of alkyl halides is 3. The zero-order chi connectivity index (χ0) is 15.3. The van der Waals surface area contributed by atoms with Gasteiger partial charge in [0.25, 0.3) is 0 Å². The maximum atomic E-state index is 12.2. The number of amides is 1. The van der Waals surface area contributed by atoms with Crippen molar-refractivity contribution < 1.29 is 22.5 Å². The Kier molecular flexibility index (Phi) is 4.51. The molecule has 0 unspecified atom stereocenters. The molecule has 0 aliphatic heterocycles. The van der Waals surface area contributed by atoms with Crippen LogP contribution in [-0.4, -0.2) is 21.0 Å². The van der Waals surface area contributed by atoms with Crippen molar-refractivity contribution >= 4 is 11.6 Å². The molecule has 2 rings (SSSR count). The van der Waals surface area contributed by atoms with Gasteiger partial charge >= 0.3 is 12.1 Å². The Hall–Kier alpha value is -2.45. The van der Waals surface area contributed by atoms with Crippen LogP contribution in [0.4, 0.5) is 18.9 Å². The maximum absolute atomic E-state index is 12.2. The predicted octanol–water partition coefficient (Wildman–Crippen LogP) is 2.44. The second kappa shape index (κ2) is 6.33. The first-order valence-electron chi connectivity index (χ1n) is 6.05. The summed E-state index contributed by atoms with van der Waals surface area (Å²) in [7, 11) is 0. The van der Waals surface area contributed by atoms with E-state index >= 15 is 0 Å². The topological polar surface area (TPSA) is 80.9 Å². The van der Waals surface area contributed by atoms with E-state index in [0.717, 1.165) is 0 Å². The van der Waals surface area contributed by atoms with Gasteiger partial charge < -0.3 is 9.84 Å². The van der Waals surface area contributed by atoms with E-state index in [9.17, 15) is 18.0 Å². The lowest BCUT2D eigenvalue weighted by Crippen LogP contribution is -2.11. The molecule has 1 amide bonds. The molecule has 1 N–H and O–H groups in total. The highest BCUT2D eigenvalue weighted by atomic mass is 19.4. The highest BCUT2D eigenvalue weighted by molar-refractivity contribution is 5.90. The lowest BCUT2D eigenvalue weighted by molar-refractivity contribution is -0.159. The number of nitrogens with zero attached hydrogens (tertiary/aromatic N) is 3. The van der Waals surface area contributed by atoms with Crippen molar-refractivity contribution in [3.8, 4) is 0 Å². The first-order chi connectivity index (χ1) is 9.95. The van der Waals surface area contributed by atoms with E-state index in [4.69, 9.17) is 0 Å². The van der Waals surface area contributed by atoms with Crippen LogP contribution in [0.25, 0.3) is 0 Å². The fourth-order valence-electron chi connectivity index (χ4n) is 1.54. The van der Waals surface area contributed by atoms with E-state index in [2.05, 4.69) is 25.0 Å². The molecule has 6 nitrogen and oxygen atoms in total. The van der Waals surface area contributed by atoms with Crippen LogP contribution in [0.5, 0.6) is 0 Å². The predicted molar refractivity (Wildman–Crippen MR) is 65.1 cm³/mol. The molecule has 112 valence electrons. The van der Waals surface area contributed by atoms with Crippen LogP contribution in [0.2, 0.25) is 0 Å². The minimum Gasteiger partial charge on any atom is -0.329 e. The monoisotopic (exact) mass is 300 g/mol. The van der Waals surface area contributed by atoms with Gasteiger partial charge in [0.2, 0.25) is 5.91 Å². The lowest BCUT2D eigenvalue weighted by atomic mass is 10.2. The number of aromatic nitrogens is 3. The molecule has 2 heterocycles. The summed E-state index contributed by atoms with van der Waals surface area (Å²) in [4.78, 5) is 18.6. The summed E-state index contributed by atoms with van der Waals surface area (Å²) in [6, 6.07) is 3.35. The van der Waals surface area contributed by atoms with Crippen molar-refractivity contribution in [3.05, 3.63) is 36.2 Å². The third-order valence-electron chi connectivity index (χ3n) is 2.46. The molecular weight excluding hydrogens is 289 g/mol. The second-order valence-electron chi connectivity index (χ2n) is 4.16. The Morgan fingerprint density at radius 3 is 2.81 bits per heavy atom. The van der Waals surface area contributed by atoms with Gasteiger partial charge in [-0.2, -0.15) is 18.2 Å². The minimum atomic E-state index is -4.65. The van der Waals surface area contributed by atoms with Gasteiger partial charge in [0, 0.05) is 19.0 Å². The van der Waals surface area contributed by atoms with E-state index in [-0.39, 0.29) is 24.6 Å². The second-order valence-corrected chi connectivity index (χ2v) is 4.16. The third kappa shape index (κ3) is 4.55. The average Bonchev–Trinajstić information content (AvgIpc) is 2.88. The third-order valence-corrected chi connectivity index (χ3v) is 2.46. The number of anilines is 1. The van der Waals surface area contributed by atoms with Crippen molar-refractivity contribution in [2.45, 2.75) is 25.4 Å². The first kappa shape index (κ1) is 14.9. The zero-order valence-electron chi connectivity index (χ0n) is 10.7. The Morgan fingerprint density at radius 2 is 2.19 bits per heavy atom. The van der Waals surface area contributed by atoms with Crippen molar-refractivity contribution in [1.82, 2.24) is 15.1 Å². The molecule has 2 aromatic rings.